The molecule has 2 rings (SSSR count). The fourth-order valence-corrected chi connectivity index (χ4v) is 1.49. The summed E-state index contributed by atoms with van der Waals surface area (Å²) >= 11 is 6.01. The number of nitrogens with one attached hydrogen (secondary N) is 1. The average Bonchev–Trinajstić information content (AvgIpc) is 2.32. The number of nitrogens with zero attached hydrogens (tertiary/aromatic N) is 3. The van der Waals surface area contributed by atoms with Crippen molar-refractivity contribution >= 4 is 28.9 Å². The molecule has 0 saturated heterocycles. The topological polar surface area (TPSA) is 87.6 Å². The van der Waals surface area contributed by atoms with Gasteiger partial charge in [0, 0.05) is 6.07 Å². The maximum absolute atomic E-state index is 8.71. The molecule has 1 aromatic heterocycles. The molecule has 1 heterocycles. The van der Waals surface area contributed by atoms with Gasteiger partial charge >= 0.3 is 0 Å². The standard InChI is InChI=1S/C11H8ClN5/c12-8-3-7(5-13)1-2-9(8)17-11-4-10(14)15-6-16-11/h1-4,6H,(H3,14,15,16,17). The Hall–Kier alpha value is -2.32. The summed E-state index contributed by atoms with van der Waals surface area (Å²) in [7, 11) is 0. The SMILES string of the molecule is N#Cc1ccc(Nc2cc(N)ncn2)c(Cl)c1. The summed E-state index contributed by atoms with van der Waals surface area (Å²) in [6.45, 7) is 0. The Labute approximate surface area is 103 Å². The second-order valence-electron chi connectivity index (χ2n) is 3.26. The molecule has 0 aliphatic heterocycles. The zero-order chi connectivity index (χ0) is 12.3. The number of rotatable bonds is 2. The van der Waals surface area contributed by atoms with Crippen molar-refractivity contribution in [3.05, 3.63) is 41.2 Å². The first-order valence-electron chi connectivity index (χ1n) is 4.73. The smallest absolute Gasteiger partial charge is 0.135 e. The van der Waals surface area contributed by atoms with Crippen LogP contribution < -0.4 is 11.1 Å². The minimum absolute atomic E-state index is 0.368. The highest BCUT2D eigenvalue weighted by molar-refractivity contribution is 6.33. The van der Waals surface area contributed by atoms with Gasteiger partial charge in [-0.3, -0.25) is 0 Å². The van der Waals surface area contributed by atoms with Crippen LogP contribution in [0.1, 0.15) is 5.56 Å². The highest BCUT2D eigenvalue weighted by atomic mass is 35.5. The third-order valence-corrected chi connectivity index (χ3v) is 2.36. The van der Waals surface area contributed by atoms with Gasteiger partial charge in [0.05, 0.1) is 22.3 Å². The van der Waals surface area contributed by atoms with Crippen molar-refractivity contribution in [3.63, 3.8) is 0 Å². The molecule has 1 aromatic carbocycles. The second-order valence-corrected chi connectivity index (χ2v) is 3.67. The predicted octanol–water partition coefficient (Wildman–Crippen LogP) is 2.33. The fraction of sp³-hybridized carbons (Fsp3) is 0. The molecule has 2 aromatic rings. The first kappa shape index (κ1) is 11.2. The van der Waals surface area contributed by atoms with E-state index >= 15 is 0 Å². The molecular weight excluding hydrogens is 238 g/mol. The van der Waals surface area contributed by atoms with E-state index in [1.54, 1.807) is 24.3 Å². The number of hydrogen-bond acceptors (Lipinski definition) is 5. The van der Waals surface area contributed by atoms with E-state index < -0.39 is 0 Å². The molecule has 0 bridgehead atoms. The van der Waals surface area contributed by atoms with E-state index in [1.165, 1.54) is 6.33 Å². The lowest BCUT2D eigenvalue weighted by molar-refractivity contribution is 1.18. The van der Waals surface area contributed by atoms with Crippen LogP contribution in [-0.2, 0) is 0 Å². The molecule has 0 aliphatic rings. The molecule has 5 nitrogen and oxygen atoms in total. The van der Waals surface area contributed by atoms with Crippen molar-refractivity contribution in [2.24, 2.45) is 0 Å². The quantitative estimate of drug-likeness (QED) is 0.848. The van der Waals surface area contributed by atoms with E-state index in [0.717, 1.165) is 0 Å². The normalized spacial score (nSPS) is 9.65. The highest BCUT2D eigenvalue weighted by Crippen LogP contribution is 2.25. The minimum Gasteiger partial charge on any atom is -0.384 e. The van der Waals surface area contributed by atoms with Gasteiger partial charge in [-0.15, -0.1) is 0 Å². The van der Waals surface area contributed by atoms with Crippen molar-refractivity contribution in [3.8, 4) is 6.07 Å². The molecule has 0 amide bonds. The van der Waals surface area contributed by atoms with Crippen LogP contribution in [0.15, 0.2) is 30.6 Å². The summed E-state index contributed by atoms with van der Waals surface area (Å²) in [5, 5.41) is 12.2. The second kappa shape index (κ2) is 4.68. The summed E-state index contributed by atoms with van der Waals surface area (Å²) < 4.78 is 0. The van der Waals surface area contributed by atoms with Gasteiger partial charge < -0.3 is 11.1 Å². The van der Waals surface area contributed by atoms with Crippen molar-refractivity contribution in [1.82, 2.24) is 9.97 Å². The number of nitrogen functional groups attached to an aromatic ring is 1. The molecule has 0 aliphatic carbocycles. The number of aromatic nitrogens is 2. The Morgan fingerprint density at radius 2 is 2.12 bits per heavy atom. The van der Waals surface area contributed by atoms with E-state index in [9.17, 15) is 0 Å². The van der Waals surface area contributed by atoms with Crippen LogP contribution >= 0.6 is 11.6 Å². The van der Waals surface area contributed by atoms with E-state index in [-0.39, 0.29) is 0 Å². The Morgan fingerprint density at radius 1 is 1.29 bits per heavy atom. The molecular formula is C11H8ClN5. The lowest BCUT2D eigenvalue weighted by Crippen LogP contribution is -1.97. The number of hydrogen-bond donors (Lipinski definition) is 2. The number of benzene rings is 1. The summed E-state index contributed by atoms with van der Waals surface area (Å²) in [5.74, 6) is 0.913. The Bertz CT molecular complexity index is 591. The van der Waals surface area contributed by atoms with E-state index in [2.05, 4.69) is 15.3 Å². The Kier molecular flexibility index (Phi) is 3.08. The third kappa shape index (κ3) is 2.62. The van der Waals surface area contributed by atoms with Crippen LogP contribution in [-0.4, -0.2) is 9.97 Å². The van der Waals surface area contributed by atoms with Crippen molar-refractivity contribution in [2.45, 2.75) is 0 Å². The van der Waals surface area contributed by atoms with E-state index in [4.69, 9.17) is 22.6 Å². The lowest BCUT2D eigenvalue weighted by atomic mass is 10.2. The molecule has 0 saturated carbocycles. The van der Waals surface area contributed by atoms with Gasteiger partial charge in [0.2, 0.25) is 0 Å². The van der Waals surface area contributed by atoms with Crippen LogP contribution in [0, 0.1) is 11.3 Å². The van der Waals surface area contributed by atoms with Crippen molar-refractivity contribution in [1.29, 1.82) is 5.26 Å². The van der Waals surface area contributed by atoms with Crippen molar-refractivity contribution in [2.75, 3.05) is 11.1 Å². The van der Waals surface area contributed by atoms with Gasteiger partial charge in [-0.05, 0) is 18.2 Å². The van der Waals surface area contributed by atoms with E-state index in [1.807, 2.05) is 6.07 Å². The predicted molar refractivity (Wildman–Crippen MR) is 65.9 cm³/mol. The molecule has 6 heteroatoms. The highest BCUT2D eigenvalue weighted by Gasteiger charge is 2.03. The Morgan fingerprint density at radius 3 is 2.76 bits per heavy atom. The van der Waals surface area contributed by atoms with Gasteiger partial charge in [-0.2, -0.15) is 5.26 Å². The molecule has 0 fully saturated rings. The zero-order valence-electron chi connectivity index (χ0n) is 8.68. The molecule has 0 atom stereocenters. The maximum Gasteiger partial charge on any atom is 0.135 e. The Balaban J connectivity index is 2.28. The minimum atomic E-state index is 0.368. The summed E-state index contributed by atoms with van der Waals surface area (Å²) in [5.41, 5.74) is 6.69. The van der Waals surface area contributed by atoms with Gasteiger partial charge in [0.15, 0.2) is 0 Å². The molecule has 0 spiro atoms. The number of nitrogens with two attached hydrogens (primary N) is 1. The largest absolute Gasteiger partial charge is 0.384 e. The van der Waals surface area contributed by atoms with Gasteiger partial charge in [0.1, 0.15) is 18.0 Å². The number of halogens is 1. The summed E-state index contributed by atoms with van der Waals surface area (Å²) in [6.07, 6.45) is 1.36. The third-order valence-electron chi connectivity index (χ3n) is 2.05. The van der Waals surface area contributed by atoms with Crippen LogP contribution in [0.5, 0.6) is 0 Å². The zero-order valence-corrected chi connectivity index (χ0v) is 9.44. The van der Waals surface area contributed by atoms with Crippen LogP contribution in [0.3, 0.4) is 0 Å². The van der Waals surface area contributed by atoms with E-state index in [0.29, 0.717) is 27.9 Å². The van der Waals surface area contributed by atoms with Gasteiger partial charge in [-0.25, -0.2) is 9.97 Å². The molecule has 0 radical (unpaired) electrons. The first-order chi connectivity index (χ1) is 8.19. The molecule has 0 unspecified atom stereocenters. The van der Waals surface area contributed by atoms with Crippen LogP contribution in [0.2, 0.25) is 5.02 Å². The van der Waals surface area contributed by atoms with Gasteiger partial charge in [0.25, 0.3) is 0 Å². The molecule has 17 heavy (non-hydrogen) atoms. The fourth-order valence-electron chi connectivity index (χ4n) is 1.26. The molecule has 3 N–H and O–H groups in total. The average molecular weight is 246 g/mol. The maximum atomic E-state index is 8.71. The summed E-state index contributed by atoms with van der Waals surface area (Å²) in [4.78, 5) is 7.77. The monoisotopic (exact) mass is 245 g/mol. The van der Waals surface area contributed by atoms with Crippen LogP contribution in [0.4, 0.5) is 17.3 Å². The first-order valence-corrected chi connectivity index (χ1v) is 5.11. The number of nitriles is 1. The number of anilines is 3. The summed E-state index contributed by atoms with van der Waals surface area (Å²) in [6, 6.07) is 8.55. The van der Waals surface area contributed by atoms with Crippen molar-refractivity contribution < 1.29 is 0 Å². The van der Waals surface area contributed by atoms with Gasteiger partial charge in [-0.1, -0.05) is 11.6 Å². The molecule has 84 valence electrons. The van der Waals surface area contributed by atoms with Crippen LogP contribution in [0.25, 0.3) is 0 Å². The lowest BCUT2D eigenvalue weighted by Gasteiger charge is -2.07.